The monoisotopic (exact) mass is 1550 g/mol. The minimum atomic E-state index is -4.65. The maximum Gasteiger partial charge on any atom is 0.338 e. The third kappa shape index (κ3) is 21.3. The SMILES string of the molecule is C=C1C[C@@H]2CCC(=O)/C=C/C(O[Si](C)(C)C(C)(C)C)[C@@H]3O[C@@H](CC/C=C\C(=O)C(S(=O)(=O)c4ccccc4)[C@H]4[C@H](CC5OC(CCC1O2)C[C@@H](C)C5=C)OC(C[C@@H](COC(=O)c1ccccc1)OC(=O)c1ccccc1)[C@@H]4OC)[C@H](O[Si](C)(C)C(C)(C)C)C(O[Si](C)(C)C(C)(C)C)C3O[Si](C)(C)C(C)(C)C. The maximum absolute atomic E-state index is 16.2. The third-order valence-electron chi connectivity index (χ3n) is 24.6. The number of benzene rings is 3. The van der Waals surface area contributed by atoms with Crippen LogP contribution in [0.4, 0.5) is 0 Å². The second kappa shape index (κ2) is 35.0. The van der Waals surface area contributed by atoms with Crippen molar-refractivity contribution in [2.75, 3.05) is 13.7 Å². The molecule has 5 aliphatic heterocycles. The molecule has 0 aromatic heterocycles. The molecule has 0 saturated carbocycles. The summed E-state index contributed by atoms with van der Waals surface area (Å²) in [4.78, 5) is 58.6. The van der Waals surface area contributed by atoms with E-state index in [4.69, 9.17) is 50.9 Å². The van der Waals surface area contributed by atoms with Gasteiger partial charge in [-0.1, -0.05) is 170 Å². The second-order valence-corrected chi connectivity index (χ2v) is 57.6. The number of hydrogen-bond donors (Lipinski definition) is 0. The van der Waals surface area contributed by atoms with Crippen molar-refractivity contribution in [3.63, 3.8) is 0 Å². The highest BCUT2D eigenvalue weighted by Crippen LogP contribution is 2.50. The Hall–Kier alpha value is -4.64. The van der Waals surface area contributed by atoms with Crippen molar-refractivity contribution in [2.24, 2.45) is 11.8 Å². The van der Waals surface area contributed by atoms with Crippen LogP contribution in [0.5, 0.6) is 0 Å². The first-order valence-electron chi connectivity index (χ1n) is 38.6. The van der Waals surface area contributed by atoms with Crippen LogP contribution in [-0.2, 0) is 70.3 Å². The molecule has 0 aliphatic carbocycles. The topological polar surface area (TPSA) is 204 Å². The molecule has 17 nitrogen and oxygen atoms in total. The lowest BCUT2D eigenvalue weighted by atomic mass is 9.81. The summed E-state index contributed by atoms with van der Waals surface area (Å²) in [5, 5.41) is -2.91. The quantitative estimate of drug-likeness (QED) is 0.0660. The van der Waals surface area contributed by atoms with Crippen LogP contribution in [0.1, 0.15) is 175 Å². The number of hydrogen-bond acceptors (Lipinski definition) is 17. The first-order valence-corrected chi connectivity index (χ1v) is 51.8. The molecular formula is C84H128O17SSi4. The Kier molecular flexibility index (Phi) is 28.7. The summed E-state index contributed by atoms with van der Waals surface area (Å²) < 4.78 is 111. The van der Waals surface area contributed by atoms with E-state index in [1.165, 1.54) is 25.3 Å². The van der Waals surface area contributed by atoms with Crippen molar-refractivity contribution in [1.82, 2.24) is 0 Å². The zero-order valence-corrected chi connectivity index (χ0v) is 72.6. The fourth-order valence-corrected chi connectivity index (χ4v) is 21.1. The Bertz CT molecular complexity index is 3660. The number of allylic oxidation sites excluding steroid dienone is 3. The van der Waals surface area contributed by atoms with Crippen LogP contribution in [0, 0.1) is 11.8 Å². The minimum absolute atomic E-state index is 0.0369. The first-order chi connectivity index (χ1) is 49.2. The average molecular weight is 1550 g/mol. The molecule has 5 heterocycles. The van der Waals surface area contributed by atoms with Gasteiger partial charge < -0.3 is 50.9 Å². The summed E-state index contributed by atoms with van der Waals surface area (Å²) in [6.45, 7) is 55.3. The number of carbonyl (C=O) groups excluding carboxylic acids is 4. The fraction of sp³-hybridized carbons (Fsp3) is 0.643. The van der Waals surface area contributed by atoms with Crippen LogP contribution < -0.4 is 0 Å². The van der Waals surface area contributed by atoms with Crippen LogP contribution in [0.3, 0.4) is 0 Å². The lowest BCUT2D eigenvalue weighted by Crippen LogP contribution is -2.69. The number of methoxy groups -OCH3 is 1. The Labute approximate surface area is 639 Å². The molecule has 6 bridgehead atoms. The molecule has 0 amide bonds. The van der Waals surface area contributed by atoms with E-state index in [-0.39, 0.29) is 98.3 Å². The van der Waals surface area contributed by atoms with E-state index < -0.39 is 146 Å². The van der Waals surface area contributed by atoms with Gasteiger partial charge in [-0.15, -0.1) is 0 Å². The summed E-state index contributed by atoms with van der Waals surface area (Å²) in [5.41, 5.74) is 2.28. The van der Waals surface area contributed by atoms with Gasteiger partial charge in [0.05, 0.1) is 77.1 Å². The van der Waals surface area contributed by atoms with E-state index in [9.17, 15) is 14.4 Å². The molecule has 4 saturated heterocycles. The summed E-state index contributed by atoms with van der Waals surface area (Å²) in [6, 6.07) is 24.9. The summed E-state index contributed by atoms with van der Waals surface area (Å²) in [6.07, 6.45) is -0.233. The highest BCUT2D eigenvalue weighted by molar-refractivity contribution is 7.92. The highest BCUT2D eigenvalue weighted by Gasteiger charge is 2.60. The van der Waals surface area contributed by atoms with Crippen molar-refractivity contribution in [3.8, 4) is 0 Å². The molecule has 0 N–H and O–H groups in total. The first kappa shape index (κ1) is 86.9. The van der Waals surface area contributed by atoms with Crippen LogP contribution >= 0.6 is 0 Å². The number of fused-ring (bicyclic) bond motifs is 7. The van der Waals surface area contributed by atoms with E-state index >= 15 is 13.2 Å². The maximum atomic E-state index is 16.2. The molecule has 3 aromatic carbocycles. The summed E-state index contributed by atoms with van der Waals surface area (Å²) in [5.74, 6) is -3.38. The minimum Gasteiger partial charge on any atom is -0.458 e. The molecule has 5 aliphatic rings. The molecule has 4 fully saturated rings. The average Bonchev–Trinajstić information content (AvgIpc) is 1.22. The number of carbonyl (C=O) groups is 4. The Morgan fingerprint density at radius 1 is 0.575 bits per heavy atom. The smallest absolute Gasteiger partial charge is 0.338 e. The van der Waals surface area contributed by atoms with Crippen molar-refractivity contribution >= 4 is 66.6 Å². The second-order valence-electron chi connectivity index (χ2n) is 36.5. The van der Waals surface area contributed by atoms with Gasteiger partial charge in [0.1, 0.15) is 36.3 Å². The molecular weight excluding hydrogens is 1430 g/mol. The van der Waals surface area contributed by atoms with Crippen LogP contribution in [0.2, 0.25) is 72.5 Å². The Morgan fingerprint density at radius 3 is 1.65 bits per heavy atom. The van der Waals surface area contributed by atoms with Gasteiger partial charge in [0.2, 0.25) is 0 Å². The number of sulfone groups is 1. The molecule has 3 aromatic rings. The van der Waals surface area contributed by atoms with Gasteiger partial charge in [0, 0.05) is 32.3 Å². The molecule has 8 rings (SSSR count). The zero-order chi connectivity index (χ0) is 78.5. The van der Waals surface area contributed by atoms with E-state index in [1.54, 1.807) is 91.0 Å². The number of esters is 2. The molecule has 8 unspecified atom stereocenters. The van der Waals surface area contributed by atoms with E-state index in [0.717, 1.165) is 11.1 Å². The van der Waals surface area contributed by atoms with Crippen LogP contribution in [-0.4, -0.2) is 170 Å². The van der Waals surface area contributed by atoms with E-state index in [0.29, 0.717) is 32.1 Å². The van der Waals surface area contributed by atoms with Crippen molar-refractivity contribution in [2.45, 2.75) is 322 Å². The number of ether oxygens (including phenoxy) is 7. The van der Waals surface area contributed by atoms with Crippen molar-refractivity contribution in [1.29, 1.82) is 0 Å². The molecule has 0 radical (unpaired) electrons. The van der Waals surface area contributed by atoms with Gasteiger partial charge in [-0.05, 0) is 183 Å². The Morgan fingerprint density at radius 2 is 1.09 bits per heavy atom. The predicted octanol–water partition coefficient (Wildman–Crippen LogP) is 18.1. The van der Waals surface area contributed by atoms with Gasteiger partial charge in [-0.2, -0.15) is 0 Å². The third-order valence-corrected chi connectivity index (χ3v) is 44.6. The fourth-order valence-electron chi connectivity index (χ4n) is 14.0. The molecule has 17 atom stereocenters. The van der Waals surface area contributed by atoms with E-state index in [2.05, 4.69) is 156 Å². The molecule has 22 heteroatoms. The van der Waals surface area contributed by atoms with Gasteiger partial charge in [0.25, 0.3) is 0 Å². The molecule has 0 spiro atoms. The van der Waals surface area contributed by atoms with Crippen molar-refractivity contribution in [3.05, 3.63) is 151 Å². The largest absolute Gasteiger partial charge is 0.458 e. The lowest BCUT2D eigenvalue weighted by molar-refractivity contribution is -0.225. The zero-order valence-electron chi connectivity index (χ0n) is 67.8. The van der Waals surface area contributed by atoms with Crippen LogP contribution in [0.15, 0.2) is 144 Å². The molecule has 588 valence electrons. The lowest BCUT2D eigenvalue weighted by Gasteiger charge is -2.56. The van der Waals surface area contributed by atoms with Gasteiger partial charge >= 0.3 is 11.9 Å². The standard InChI is InChI=1S/C84H128O17SSi4/c1-55-50-62-47-49-66-56(2)51-61(93-66)46-44-60(85)45-48-68(98-103(17,18)81(4,5)6)74-76(100-105(21,22)83(10,11)12)77(101-106(23,24)84(13,14)15)75(99-104(19,20)82(7,8)9)67(97-74)43-35-34-42-65(86)78(102(89,90)64-40-32-27-33-41-64)72-70(53-69(94-62)57(55)3)96-71(73(72)91-16)52-63(95-80(88)59-38-30-26-31-39-59)54-92-79(87)58-36-28-25-29-37-58/h25-34,36-42,45,48,55,61-63,66-78H,2-3,35,43-44,46-47,49-54H2,1,4-24H3/b42-34-,48-45+/t55-,61+,62?,63+,66?,67+,68?,69?,70+,71?,72+,73+,74+,75+,76?,77?,78?/m1/s1. The number of rotatable bonds is 18. The van der Waals surface area contributed by atoms with Crippen LogP contribution in [0.25, 0.3) is 0 Å². The summed E-state index contributed by atoms with van der Waals surface area (Å²) in [7, 11) is -14.2. The highest BCUT2D eigenvalue weighted by atomic mass is 32.2. The normalized spacial score (nSPS) is 30.1. The van der Waals surface area contributed by atoms with E-state index in [1.807, 2.05) is 6.08 Å². The predicted molar refractivity (Wildman–Crippen MR) is 429 cm³/mol. The molecule has 106 heavy (non-hydrogen) atoms. The van der Waals surface area contributed by atoms with Gasteiger partial charge in [-0.3, -0.25) is 9.59 Å². The summed E-state index contributed by atoms with van der Waals surface area (Å²) >= 11 is 0. The number of ketones is 2. The van der Waals surface area contributed by atoms with Gasteiger partial charge in [0.15, 0.2) is 54.7 Å². The van der Waals surface area contributed by atoms with Crippen molar-refractivity contribution < 1.29 is 78.5 Å². The Balaban J connectivity index is 1.31. The van der Waals surface area contributed by atoms with Gasteiger partial charge in [-0.25, -0.2) is 18.0 Å².